The first-order valence-corrected chi connectivity index (χ1v) is 19.6. The zero-order valence-corrected chi connectivity index (χ0v) is 34.1. The van der Waals surface area contributed by atoms with Crippen molar-refractivity contribution < 1.29 is 33.5 Å². The lowest BCUT2D eigenvalue weighted by molar-refractivity contribution is -0.180. The van der Waals surface area contributed by atoms with Gasteiger partial charge in [0.25, 0.3) is 0 Å². The molecule has 10 nitrogen and oxygen atoms in total. The minimum Gasteiger partial charge on any atom is -0.471 e. The number of nitrogens with zero attached hydrogens (tertiary/aromatic N) is 2. The van der Waals surface area contributed by atoms with E-state index in [1.165, 1.54) is 0 Å². The summed E-state index contributed by atoms with van der Waals surface area (Å²) in [5, 5.41) is 14.0. The van der Waals surface area contributed by atoms with E-state index in [-0.39, 0.29) is 6.01 Å². The maximum Gasteiger partial charge on any atom is 0.320 e. The van der Waals surface area contributed by atoms with Crippen LogP contribution in [-0.2, 0) is 27.4 Å². The van der Waals surface area contributed by atoms with Crippen LogP contribution in [0, 0.1) is 0 Å². The molecule has 55 heavy (non-hydrogen) atoms. The molecule has 1 atom stereocenters. The summed E-state index contributed by atoms with van der Waals surface area (Å²) in [7, 11) is 0. The van der Waals surface area contributed by atoms with E-state index in [1.54, 1.807) is 6.20 Å². The standard InChI is InChI=1S/C45H61N3O7/c1-43(2,3)54-41-38(28-47-42(48-41)55-44(4,5)6)35-18-14-17-34(26-35)33-16-13-15-32(25-33)30-51-24-23-50-22-12-10-9-11-21-46-29-39(49)36-19-20-40-37(27-36)31-52-45(7,8)53-40/h13-20,25-28,39,46,49H,9-12,21-24,29-31H2,1-8H3/t39-/m0/s1. The zero-order valence-electron chi connectivity index (χ0n) is 34.1. The number of nitrogens with one attached hydrogen (secondary N) is 1. The summed E-state index contributed by atoms with van der Waals surface area (Å²) in [5.41, 5.74) is 6.02. The van der Waals surface area contributed by atoms with Crippen molar-refractivity contribution in [2.24, 2.45) is 0 Å². The van der Waals surface area contributed by atoms with E-state index < -0.39 is 23.1 Å². The van der Waals surface area contributed by atoms with Gasteiger partial charge in [0.15, 0.2) is 0 Å². The molecule has 0 radical (unpaired) electrons. The van der Waals surface area contributed by atoms with Crippen molar-refractivity contribution in [2.45, 2.75) is 117 Å². The molecule has 2 N–H and O–H groups in total. The molecule has 0 aliphatic carbocycles. The second-order valence-corrected chi connectivity index (χ2v) is 16.5. The second-order valence-electron chi connectivity index (χ2n) is 16.5. The number of aromatic nitrogens is 2. The van der Waals surface area contributed by atoms with Crippen LogP contribution in [0.25, 0.3) is 22.3 Å². The lowest BCUT2D eigenvalue weighted by Gasteiger charge is -2.33. The number of hydrogen-bond donors (Lipinski definition) is 2. The van der Waals surface area contributed by atoms with Gasteiger partial charge >= 0.3 is 6.01 Å². The van der Waals surface area contributed by atoms with E-state index in [0.29, 0.717) is 38.9 Å². The molecule has 0 unspecified atom stereocenters. The molecule has 298 valence electrons. The first-order chi connectivity index (χ1) is 26.1. The summed E-state index contributed by atoms with van der Waals surface area (Å²) in [6.45, 7) is 19.9. The van der Waals surface area contributed by atoms with Gasteiger partial charge in [0, 0.05) is 38.8 Å². The smallest absolute Gasteiger partial charge is 0.320 e. The van der Waals surface area contributed by atoms with E-state index in [1.807, 2.05) is 85.7 Å². The fourth-order valence-electron chi connectivity index (χ4n) is 6.09. The third kappa shape index (κ3) is 13.9. The first-order valence-electron chi connectivity index (χ1n) is 19.6. The van der Waals surface area contributed by atoms with Crippen LogP contribution in [-0.4, -0.2) is 65.0 Å². The molecule has 5 rings (SSSR count). The zero-order chi connectivity index (χ0) is 39.5. The Bertz CT molecular complexity index is 1820. The van der Waals surface area contributed by atoms with E-state index in [2.05, 4.69) is 51.7 Å². The van der Waals surface area contributed by atoms with Gasteiger partial charge in [-0.25, -0.2) is 4.98 Å². The molecule has 2 heterocycles. The third-order valence-electron chi connectivity index (χ3n) is 8.74. The monoisotopic (exact) mass is 755 g/mol. The van der Waals surface area contributed by atoms with E-state index in [0.717, 1.165) is 83.5 Å². The molecule has 0 amide bonds. The van der Waals surface area contributed by atoms with Crippen LogP contribution in [0.1, 0.15) is 104 Å². The van der Waals surface area contributed by atoms with E-state index >= 15 is 0 Å². The number of benzene rings is 3. The Morgan fingerprint density at radius 3 is 2.29 bits per heavy atom. The number of hydrogen-bond acceptors (Lipinski definition) is 10. The van der Waals surface area contributed by atoms with Crippen molar-refractivity contribution in [3.63, 3.8) is 0 Å². The molecule has 0 fully saturated rings. The van der Waals surface area contributed by atoms with Crippen molar-refractivity contribution in [1.29, 1.82) is 0 Å². The Morgan fingerprint density at radius 2 is 1.51 bits per heavy atom. The number of unbranched alkanes of at least 4 members (excludes halogenated alkanes) is 3. The fourth-order valence-corrected chi connectivity index (χ4v) is 6.09. The van der Waals surface area contributed by atoms with Gasteiger partial charge in [0.05, 0.1) is 38.1 Å². The Kier molecular flexibility index (Phi) is 14.7. The van der Waals surface area contributed by atoms with Gasteiger partial charge in [-0.05, 0) is 113 Å². The van der Waals surface area contributed by atoms with Gasteiger partial charge in [-0.1, -0.05) is 55.3 Å². The van der Waals surface area contributed by atoms with Crippen molar-refractivity contribution in [3.05, 3.63) is 89.6 Å². The van der Waals surface area contributed by atoms with E-state index in [4.69, 9.17) is 28.4 Å². The largest absolute Gasteiger partial charge is 0.471 e. The highest BCUT2D eigenvalue weighted by molar-refractivity contribution is 5.75. The summed E-state index contributed by atoms with van der Waals surface area (Å²) in [5.74, 6) is 0.689. The molecule has 0 bridgehead atoms. The highest BCUT2D eigenvalue weighted by Gasteiger charge is 2.28. The maximum atomic E-state index is 10.6. The number of rotatable bonds is 19. The molecule has 4 aromatic rings. The van der Waals surface area contributed by atoms with Crippen molar-refractivity contribution >= 4 is 0 Å². The molecule has 1 aliphatic rings. The normalized spacial score (nSPS) is 14.6. The first kappa shape index (κ1) is 42.1. The van der Waals surface area contributed by atoms with Crippen molar-refractivity contribution in [1.82, 2.24) is 15.3 Å². The summed E-state index contributed by atoms with van der Waals surface area (Å²) in [6, 6.07) is 22.9. The lowest BCUT2D eigenvalue weighted by atomic mass is 9.99. The van der Waals surface area contributed by atoms with Gasteiger partial charge in [0.1, 0.15) is 17.0 Å². The highest BCUT2D eigenvalue weighted by Crippen LogP contribution is 2.35. The predicted molar refractivity (Wildman–Crippen MR) is 216 cm³/mol. The van der Waals surface area contributed by atoms with Crippen molar-refractivity contribution in [3.8, 4) is 39.9 Å². The number of fused-ring (bicyclic) bond motifs is 1. The minimum absolute atomic E-state index is 0.290. The molecular formula is C45H61N3O7. The summed E-state index contributed by atoms with van der Waals surface area (Å²) < 4.78 is 35.6. The molecule has 0 saturated carbocycles. The molecule has 1 aliphatic heterocycles. The van der Waals surface area contributed by atoms with Gasteiger partial charge in [-0.2, -0.15) is 4.98 Å². The molecule has 0 saturated heterocycles. The van der Waals surface area contributed by atoms with Crippen molar-refractivity contribution in [2.75, 3.05) is 32.9 Å². The maximum absolute atomic E-state index is 10.6. The quantitative estimate of drug-likeness (QED) is 0.0899. The third-order valence-corrected chi connectivity index (χ3v) is 8.74. The summed E-state index contributed by atoms with van der Waals surface area (Å²) >= 11 is 0. The average molecular weight is 756 g/mol. The number of aliphatic hydroxyl groups excluding tert-OH is 1. The Balaban J connectivity index is 0.973. The van der Waals surface area contributed by atoms with Crippen LogP contribution in [0.2, 0.25) is 0 Å². The number of ether oxygens (including phenoxy) is 6. The van der Waals surface area contributed by atoms with Crippen LogP contribution in [0.3, 0.4) is 0 Å². The molecule has 1 aromatic heterocycles. The minimum atomic E-state index is -0.621. The molecule has 3 aromatic carbocycles. The topological polar surface area (TPSA) is 113 Å². The Labute approximate surface area is 327 Å². The summed E-state index contributed by atoms with van der Waals surface area (Å²) in [6.07, 6.45) is 5.50. The second kappa shape index (κ2) is 19.2. The van der Waals surface area contributed by atoms with Gasteiger partial charge in [0.2, 0.25) is 11.7 Å². The van der Waals surface area contributed by atoms with Crippen LogP contribution < -0.4 is 19.5 Å². The van der Waals surface area contributed by atoms with Crippen LogP contribution in [0.15, 0.2) is 72.9 Å². The van der Waals surface area contributed by atoms with Crippen LogP contribution >= 0.6 is 0 Å². The van der Waals surface area contributed by atoms with Gasteiger partial charge in [-0.3, -0.25) is 0 Å². The Morgan fingerprint density at radius 1 is 0.800 bits per heavy atom. The SMILES string of the molecule is CC(C)(C)Oc1ncc(-c2cccc(-c3cccc(COCCOCCCCCCNC[C@H](O)c4ccc5c(c4)COC(C)(C)O5)c3)c2)c(OC(C)(C)C)n1. The highest BCUT2D eigenvalue weighted by atomic mass is 16.7. The van der Waals surface area contributed by atoms with Gasteiger partial charge in [-0.15, -0.1) is 0 Å². The van der Waals surface area contributed by atoms with Crippen LogP contribution in [0.4, 0.5) is 0 Å². The fraction of sp³-hybridized carbons (Fsp3) is 0.511. The Hall–Kier alpha value is -4.06. The van der Waals surface area contributed by atoms with E-state index in [9.17, 15) is 5.11 Å². The average Bonchev–Trinajstić information content (AvgIpc) is 3.12. The number of aliphatic hydroxyl groups is 1. The predicted octanol–water partition coefficient (Wildman–Crippen LogP) is 9.23. The van der Waals surface area contributed by atoms with Gasteiger partial charge < -0.3 is 38.8 Å². The lowest BCUT2D eigenvalue weighted by Crippen LogP contribution is -2.35. The molecule has 0 spiro atoms. The molecular weight excluding hydrogens is 695 g/mol. The molecule has 10 heteroatoms. The summed E-state index contributed by atoms with van der Waals surface area (Å²) in [4.78, 5) is 9.15. The van der Waals surface area contributed by atoms with Crippen LogP contribution in [0.5, 0.6) is 17.6 Å².